The summed E-state index contributed by atoms with van der Waals surface area (Å²) in [5, 5.41) is 7.56. The molecule has 0 saturated carbocycles. The SMILES string of the molecule is CCCN(Cc1ncnn1C)C1CCNCC1. The number of nitrogens with one attached hydrogen (secondary N) is 1. The molecule has 0 amide bonds. The van der Waals surface area contributed by atoms with Crippen molar-refractivity contribution in [3.8, 4) is 0 Å². The third-order valence-corrected chi connectivity index (χ3v) is 3.49. The molecule has 96 valence electrons. The Morgan fingerprint density at radius 2 is 2.24 bits per heavy atom. The van der Waals surface area contributed by atoms with Crippen LogP contribution in [0.25, 0.3) is 0 Å². The Kier molecular flexibility index (Phi) is 4.50. The van der Waals surface area contributed by atoms with Crippen LogP contribution in [0.3, 0.4) is 0 Å². The van der Waals surface area contributed by atoms with Crippen molar-refractivity contribution >= 4 is 0 Å². The number of aromatic nitrogens is 3. The molecule has 0 bridgehead atoms. The molecule has 0 radical (unpaired) electrons. The molecule has 1 aliphatic heterocycles. The van der Waals surface area contributed by atoms with E-state index in [9.17, 15) is 0 Å². The summed E-state index contributed by atoms with van der Waals surface area (Å²) in [5.41, 5.74) is 0. The van der Waals surface area contributed by atoms with Gasteiger partial charge in [-0.2, -0.15) is 5.10 Å². The highest BCUT2D eigenvalue weighted by Crippen LogP contribution is 2.14. The quantitative estimate of drug-likeness (QED) is 0.822. The van der Waals surface area contributed by atoms with Gasteiger partial charge >= 0.3 is 0 Å². The van der Waals surface area contributed by atoms with Crippen molar-refractivity contribution in [1.29, 1.82) is 0 Å². The Morgan fingerprint density at radius 1 is 1.47 bits per heavy atom. The van der Waals surface area contributed by atoms with Crippen LogP contribution in [0.1, 0.15) is 32.0 Å². The number of rotatable bonds is 5. The average molecular weight is 237 g/mol. The largest absolute Gasteiger partial charge is 0.317 e. The van der Waals surface area contributed by atoms with E-state index in [1.54, 1.807) is 6.33 Å². The average Bonchev–Trinajstić information content (AvgIpc) is 2.76. The van der Waals surface area contributed by atoms with Crippen LogP contribution in [0.2, 0.25) is 0 Å². The van der Waals surface area contributed by atoms with Gasteiger partial charge in [-0.25, -0.2) is 4.98 Å². The normalized spacial score (nSPS) is 17.8. The Hall–Kier alpha value is -0.940. The Balaban J connectivity index is 1.98. The van der Waals surface area contributed by atoms with E-state index in [1.807, 2.05) is 11.7 Å². The third-order valence-electron chi connectivity index (χ3n) is 3.49. The van der Waals surface area contributed by atoms with Crippen LogP contribution in [0.15, 0.2) is 6.33 Å². The molecule has 0 atom stereocenters. The first-order chi connectivity index (χ1) is 8.31. The Bertz CT molecular complexity index is 329. The van der Waals surface area contributed by atoms with Crippen LogP contribution in [-0.4, -0.2) is 45.3 Å². The summed E-state index contributed by atoms with van der Waals surface area (Å²) in [6, 6.07) is 0.702. The minimum atomic E-state index is 0.702. The zero-order valence-corrected chi connectivity index (χ0v) is 10.9. The molecule has 1 N–H and O–H groups in total. The number of piperidine rings is 1. The minimum Gasteiger partial charge on any atom is -0.317 e. The van der Waals surface area contributed by atoms with E-state index in [-0.39, 0.29) is 0 Å². The summed E-state index contributed by atoms with van der Waals surface area (Å²) in [7, 11) is 1.97. The summed E-state index contributed by atoms with van der Waals surface area (Å²) >= 11 is 0. The van der Waals surface area contributed by atoms with E-state index < -0.39 is 0 Å². The van der Waals surface area contributed by atoms with Gasteiger partial charge in [-0.1, -0.05) is 6.92 Å². The lowest BCUT2D eigenvalue weighted by Crippen LogP contribution is -2.43. The summed E-state index contributed by atoms with van der Waals surface area (Å²) in [6.45, 7) is 6.60. The smallest absolute Gasteiger partial charge is 0.140 e. The van der Waals surface area contributed by atoms with Gasteiger partial charge in [0.25, 0.3) is 0 Å². The van der Waals surface area contributed by atoms with Crippen molar-refractivity contribution in [2.45, 2.75) is 38.8 Å². The fourth-order valence-electron chi connectivity index (χ4n) is 2.49. The first-order valence-electron chi connectivity index (χ1n) is 6.59. The van der Waals surface area contributed by atoms with E-state index in [1.165, 1.54) is 19.3 Å². The number of hydrogen-bond donors (Lipinski definition) is 1. The monoisotopic (exact) mass is 237 g/mol. The van der Waals surface area contributed by atoms with Gasteiger partial charge in [-0.15, -0.1) is 0 Å². The number of aryl methyl sites for hydroxylation is 1. The highest BCUT2D eigenvalue weighted by Gasteiger charge is 2.21. The maximum Gasteiger partial charge on any atom is 0.140 e. The van der Waals surface area contributed by atoms with Gasteiger partial charge in [-0.3, -0.25) is 9.58 Å². The number of nitrogens with zero attached hydrogens (tertiary/aromatic N) is 4. The van der Waals surface area contributed by atoms with E-state index in [0.29, 0.717) is 6.04 Å². The molecule has 2 rings (SSSR count). The molecule has 2 heterocycles. The molecule has 0 spiro atoms. The molecule has 1 aromatic heterocycles. The van der Waals surface area contributed by atoms with Crippen LogP contribution in [0.5, 0.6) is 0 Å². The van der Waals surface area contributed by atoms with Gasteiger partial charge in [0.2, 0.25) is 0 Å². The first kappa shape index (κ1) is 12.5. The molecule has 0 aliphatic carbocycles. The van der Waals surface area contributed by atoms with Crippen molar-refractivity contribution in [2.24, 2.45) is 7.05 Å². The second-order valence-corrected chi connectivity index (χ2v) is 4.75. The summed E-state index contributed by atoms with van der Waals surface area (Å²) in [4.78, 5) is 6.89. The van der Waals surface area contributed by atoms with Gasteiger partial charge in [0, 0.05) is 13.1 Å². The molecule has 1 saturated heterocycles. The van der Waals surface area contributed by atoms with Crippen LogP contribution in [0, 0.1) is 0 Å². The predicted molar refractivity (Wildman–Crippen MR) is 67.6 cm³/mol. The molecule has 1 aromatic rings. The van der Waals surface area contributed by atoms with Gasteiger partial charge in [0.05, 0.1) is 6.54 Å². The molecule has 0 unspecified atom stereocenters. The molecular formula is C12H23N5. The van der Waals surface area contributed by atoms with Crippen LogP contribution in [-0.2, 0) is 13.6 Å². The molecule has 5 heteroatoms. The number of hydrogen-bond acceptors (Lipinski definition) is 4. The molecule has 17 heavy (non-hydrogen) atoms. The minimum absolute atomic E-state index is 0.702. The highest BCUT2D eigenvalue weighted by molar-refractivity contribution is 4.87. The van der Waals surface area contributed by atoms with E-state index in [0.717, 1.165) is 32.0 Å². The highest BCUT2D eigenvalue weighted by atomic mass is 15.3. The second kappa shape index (κ2) is 6.12. The molecular weight excluding hydrogens is 214 g/mol. The Labute approximate surface area is 103 Å². The Morgan fingerprint density at radius 3 is 2.82 bits per heavy atom. The van der Waals surface area contributed by atoms with Crippen LogP contribution >= 0.6 is 0 Å². The topological polar surface area (TPSA) is 46.0 Å². The van der Waals surface area contributed by atoms with E-state index in [2.05, 4.69) is 27.2 Å². The van der Waals surface area contributed by atoms with E-state index in [4.69, 9.17) is 0 Å². The van der Waals surface area contributed by atoms with Gasteiger partial charge in [0.1, 0.15) is 12.2 Å². The first-order valence-corrected chi connectivity index (χ1v) is 6.59. The summed E-state index contributed by atoms with van der Waals surface area (Å²) < 4.78 is 1.88. The summed E-state index contributed by atoms with van der Waals surface area (Å²) in [5.74, 6) is 1.07. The zero-order valence-electron chi connectivity index (χ0n) is 10.9. The predicted octanol–water partition coefficient (Wildman–Crippen LogP) is 0.779. The van der Waals surface area contributed by atoms with Crippen LogP contribution < -0.4 is 5.32 Å². The maximum atomic E-state index is 4.33. The van der Waals surface area contributed by atoms with Crippen molar-refractivity contribution in [3.63, 3.8) is 0 Å². The van der Waals surface area contributed by atoms with Gasteiger partial charge in [-0.05, 0) is 38.9 Å². The van der Waals surface area contributed by atoms with E-state index >= 15 is 0 Å². The molecule has 1 fully saturated rings. The van der Waals surface area contributed by atoms with Crippen LogP contribution in [0.4, 0.5) is 0 Å². The third kappa shape index (κ3) is 3.26. The van der Waals surface area contributed by atoms with Crippen molar-refractivity contribution in [1.82, 2.24) is 25.0 Å². The molecule has 1 aliphatic rings. The molecule has 0 aromatic carbocycles. The van der Waals surface area contributed by atoms with Gasteiger partial charge in [0.15, 0.2) is 0 Å². The van der Waals surface area contributed by atoms with Crippen molar-refractivity contribution in [3.05, 3.63) is 12.2 Å². The second-order valence-electron chi connectivity index (χ2n) is 4.75. The lowest BCUT2D eigenvalue weighted by molar-refractivity contribution is 0.149. The summed E-state index contributed by atoms with van der Waals surface area (Å²) in [6.07, 6.45) is 5.33. The lowest BCUT2D eigenvalue weighted by Gasteiger charge is -2.34. The maximum absolute atomic E-state index is 4.33. The fraction of sp³-hybridized carbons (Fsp3) is 0.833. The van der Waals surface area contributed by atoms with Gasteiger partial charge < -0.3 is 5.32 Å². The zero-order chi connectivity index (χ0) is 12.1. The van der Waals surface area contributed by atoms with Crippen molar-refractivity contribution < 1.29 is 0 Å². The fourth-order valence-corrected chi connectivity index (χ4v) is 2.49. The van der Waals surface area contributed by atoms with Crippen molar-refractivity contribution in [2.75, 3.05) is 19.6 Å². The lowest BCUT2D eigenvalue weighted by atomic mass is 10.0. The standard InChI is InChI=1S/C12H23N5/c1-3-8-17(11-4-6-13-7-5-11)9-12-14-10-15-16(12)2/h10-11,13H,3-9H2,1-2H3. The molecule has 5 nitrogen and oxygen atoms in total.